The van der Waals surface area contributed by atoms with Gasteiger partial charge in [-0.25, -0.2) is 4.79 Å². The number of methoxy groups -OCH3 is 1. The predicted molar refractivity (Wildman–Crippen MR) is 106 cm³/mol. The SMILES string of the molecule is CC[C@]12C=CCN3CC[C@]4(C(=C(C(=O)OC)C1)Nc1cc(N=[N+]=[N-])ccc14)[C@@H]32. The number of nitrogens with zero attached hydrogens (tertiary/aromatic N) is 4. The third-order valence-electron chi connectivity index (χ3n) is 7.21. The molecule has 0 radical (unpaired) electrons. The monoisotopic (exact) mass is 377 g/mol. The Morgan fingerprint density at radius 1 is 1.50 bits per heavy atom. The summed E-state index contributed by atoms with van der Waals surface area (Å²) in [5, 5.41) is 7.29. The Labute approximate surface area is 163 Å². The fraction of sp³-hybridized carbons (Fsp3) is 0.476. The highest BCUT2D eigenvalue weighted by Crippen LogP contribution is 2.64. The Balaban J connectivity index is 1.80. The zero-order valence-corrected chi connectivity index (χ0v) is 16.1. The molecule has 4 aliphatic rings. The quantitative estimate of drug-likeness (QED) is 0.281. The molecule has 144 valence electrons. The van der Waals surface area contributed by atoms with Gasteiger partial charge < -0.3 is 10.1 Å². The topological polar surface area (TPSA) is 90.3 Å². The van der Waals surface area contributed by atoms with Gasteiger partial charge in [-0.15, -0.1) is 0 Å². The van der Waals surface area contributed by atoms with Gasteiger partial charge in [-0.3, -0.25) is 4.90 Å². The molecule has 0 saturated carbocycles. The lowest BCUT2D eigenvalue weighted by Gasteiger charge is -2.53. The van der Waals surface area contributed by atoms with E-state index in [4.69, 9.17) is 10.3 Å². The summed E-state index contributed by atoms with van der Waals surface area (Å²) in [6.45, 7) is 4.16. The lowest BCUT2D eigenvalue weighted by Crippen LogP contribution is -2.58. The van der Waals surface area contributed by atoms with E-state index in [0.29, 0.717) is 18.2 Å². The molecule has 28 heavy (non-hydrogen) atoms. The first kappa shape index (κ1) is 17.3. The van der Waals surface area contributed by atoms with Gasteiger partial charge in [0.2, 0.25) is 0 Å². The van der Waals surface area contributed by atoms with Crippen molar-refractivity contribution in [3.8, 4) is 0 Å². The number of nitrogens with one attached hydrogen (secondary N) is 1. The second-order valence-electron chi connectivity index (χ2n) is 8.17. The molecule has 1 spiro atoms. The Morgan fingerprint density at radius 2 is 2.36 bits per heavy atom. The van der Waals surface area contributed by atoms with Gasteiger partial charge in [-0.2, -0.15) is 0 Å². The van der Waals surface area contributed by atoms with E-state index in [2.05, 4.69) is 45.4 Å². The zero-order chi connectivity index (χ0) is 19.5. The fourth-order valence-electron chi connectivity index (χ4n) is 6.18. The van der Waals surface area contributed by atoms with Gasteiger partial charge in [0, 0.05) is 46.5 Å². The van der Waals surface area contributed by atoms with Crippen LogP contribution >= 0.6 is 0 Å². The summed E-state index contributed by atoms with van der Waals surface area (Å²) < 4.78 is 5.19. The van der Waals surface area contributed by atoms with E-state index in [1.54, 1.807) is 0 Å². The minimum Gasteiger partial charge on any atom is -0.466 e. The summed E-state index contributed by atoms with van der Waals surface area (Å²) in [5.41, 5.74) is 12.9. The maximum absolute atomic E-state index is 12.8. The Hall–Kier alpha value is -2.76. The second kappa shape index (κ2) is 5.87. The Morgan fingerprint density at radius 3 is 3.11 bits per heavy atom. The van der Waals surface area contributed by atoms with E-state index in [1.807, 2.05) is 12.1 Å². The number of anilines is 1. The van der Waals surface area contributed by atoms with Gasteiger partial charge >= 0.3 is 5.97 Å². The summed E-state index contributed by atoms with van der Waals surface area (Å²) >= 11 is 0. The lowest BCUT2D eigenvalue weighted by atomic mass is 9.55. The molecular formula is C21H23N5O2. The molecule has 3 heterocycles. The van der Waals surface area contributed by atoms with Crippen LogP contribution in [0.3, 0.4) is 0 Å². The number of azide groups is 1. The second-order valence-corrected chi connectivity index (χ2v) is 8.17. The molecule has 7 heteroatoms. The molecular weight excluding hydrogens is 354 g/mol. The van der Waals surface area contributed by atoms with E-state index >= 15 is 0 Å². The van der Waals surface area contributed by atoms with Crippen LogP contribution in [0, 0.1) is 5.41 Å². The normalized spacial score (nSPS) is 32.1. The Kier molecular flexibility index (Phi) is 3.63. The predicted octanol–water partition coefficient (Wildman–Crippen LogP) is 4.16. The summed E-state index contributed by atoms with van der Waals surface area (Å²) in [6, 6.07) is 6.14. The minimum atomic E-state index is -0.257. The number of hydrogen-bond acceptors (Lipinski definition) is 5. The van der Waals surface area contributed by atoms with Crippen molar-refractivity contribution in [1.29, 1.82) is 0 Å². The molecule has 1 aromatic carbocycles. The highest BCUT2D eigenvalue weighted by Gasteiger charge is 2.65. The van der Waals surface area contributed by atoms with Crippen molar-refractivity contribution in [2.24, 2.45) is 10.5 Å². The van der Waals surface area contributed by atoms with E-state index in [9.17, 15) is 4.79 Å². The lowest BCUT2D eigenvalue weighted by molar-refractivity contribution is -0.137. The van der Waals surface area contributed by atoms with E-state index in [-0.39, 0.29) is 16.8 Å². The number of hydrogen-bond donors (Lipinski definition) is 1. The van der Waals surface area contributed by atoms with Crippen molar-refractivity contribution in [2.75, 3.05) is 25.5 Å². The van der Waals surface area contributed by atoms with Gasteiger partial charge in [0.05, 0.1) is 18.1 Å². The Bertz CT molecular complexity index is 993. The number of carbonyl (C=O) groups excluding carboxylic acids is 1. The van der Waals surface area contributed by atoms with E-state index < -0.39 is 0 Å². The van der Waals surface area contributed by atoms with Gasteiger partial charge in [-0.1, -0.05) is 36.3 Å². The van der Waals surface area contributed by atoms with Crippen molar-refractivity contribution < 1.29 is 9.53 Å². The minimum absolute atomic E-state index is 0.0887. The molecule has 1 N–H and O–H groups in total. The summed E-state index contributed by atoms with van der Waals surface area (Å²) in [4.78, 5) is 18.3. The van der Waals surface area contributed by atoms with Crippen LogP contribution in [0.1, 0.15) is 31.7 Å². The van der Waals surface area contributed by atoms with E-state index in [1.165, 1.54) is 12.7 Å². The van der Waals surface area contributed by atoms with Crippen LogP contribution in [0.2, 0.25) is 0 Å². The van der Waals surface area contributed by atoms with Crippen LogP contribution in [-0.4, -0.2) is 37.1 Å². The smallest absolute Gasteiger partial charge is 0.335 e. The van der Waals surface area contributed by atoms with Gasteiger partial charge in [0.15, 0.2) is 0 Å². The average Bonchev–Trinajstić information content (AvgIpc) is 3.27. The molecule has 0 amide bonds. The highest BCUT2D eigenvalue weighted by atomic mass is 16.5. The molecule has 7 nitrogen and oxygen atoms in total. The fourth-order valence-corrected chi connectivity index (χ4v) is 6.18. The van der Waals surface area contributed by atoms with Crippen molar-refractivity contribution in [1.82, 2.24) is 4.90 Å². The van der Waals surface area contributed by atoms with Crippen LogP contribution in [0.15, 0.2) is 46.7 Å². The standard InChI is InChI=1S/C21H23N5O2/c1-3-20-7-4-9-26-10-8-21(19(20)26)15-6-5-13(24-25-22)11-16(15)23-17(21)14(12-20)18(27)28-2/h4-7,11,19,23H,3,8-10,12H2,1-2H3/t19-,20-,21-/m0/s1. The van der Waals surface area contributed by atoms with Crippen molar-refractivity contribution >= 4 is 17.3 Å². The van der Waals surface area contributed by atoms with Crippen LogP contribution in [0.4, 0.5) is 11.4 Å². The number of fused-ring (bicyclic) bond motifs is 1. The molecule has 0 unspecified atom stereocenters. The van der Waals surface area contributed by atoms with Crippen LogP contribution < -0.4 is 5.32 Å². The van der Waals surface area contributed by atoms with Gasteiger partial charge in [0.1, 0.15) is 0 Å². The van der Waals surface area contributed by atoms with Crippen molar-refractivity contribution in [2.45, 2.75) is 37.6 Å². The third-order valence-corrected chi connectivity index (χ3v) is 7.21. The molecule has 1 fully saturated rings. The summed E-state index contributed by atoms with van der Waals surface area (Å²) in [7, 11) is 1.45. The van der Waals surface area contributed by atoms with Crippen molar-refractivity contribution in [3.63, 3.8) is 0 Å². The molecule has 1 saturated heterocycles. The molecule has 1 aromatic rings. The first-order valence-electron chi connectivity index (χ1n) is 9.80. The van der Waals surface area contributed by atoms with Gasteiger partial charge in [-0.05, 0) is 36.4 Å². The third kappa shape index (κ3) is 1.98. The van der Waals surface area contributed by atoms with Crippen LogP contribution in [0.5, 0.6) is 0 Å². The van der Waals surface area contributed by atoms with Crippen LogP contribution in [-0.2, 0) is 14.9 Å². The van der Waals surface area contributed by atoms with Gasteiger partial charge in [0.25, 0.3) is 0 Å². The molecule has 0 aromatic heterocycles. The summed E-state index contributed by atoms with van der Waals surface area (Å²) in [6.07, 6.45) is 7.19. The van der Waals surface area contributed by atoms with Crippen LogP contribution in [0.25, 0.3) is 10.4 Å². The summed E-state index contributed by atoms with van der Waals surface area (Å²) in [5.74, 6) is -0.256. The molecule has 5 rings (SSSR count). The zero-order valence-electron chi connectivity index (χ0n) is 16.1. The number of carbonyl (C=O) groups is 1. The largest absolute Gasteiger partial charge is 0.466 e. The number of rotatable bonds is 3. The van der Waals surface area contributed by atoms with E-state index in [0.717, 1.165) is 42.9 Å². The average molecular weight is 377 g/mol. The maximum Gasteiger partial charge on any atom is 0.335 e. The molecule has 3 aliphatic heterocycles. The molecule has 1 aliphatic carbocycles. The molecule has 0 bridgehead atoms. The first-order chi connectivity index (χ1) is 13.6. The number of benzene rings is 1. The van der Waals surface area contributed by atoms with Crippen molar-refractivity contribution in [3.05, 3.63) is 57.6 Å². The molecule has 3 atom stereocenters. The number of esters is 1. The number of ether oxygens (including phenoxy) is 1. The maximum atomic E-state index is 12.8. The highest BCUT2D eigenvalue weighted by molar-refractivity contribution is 5.93. The first-order valence-corrected chi connectivity index (χ1v) is 9.80.